The SMILES string of the molecule is Cc1cc(Br)ccc1OCC(=O)N1CCCN(C(=O)COc2ccc(Br)cc2C)CC1. The van der Waals surface area contributed by atoms with Crippen LogP contribution in [-0.4, -0.2) is 61.0 Å². The number of carbonyl (C=O) groups excluding carboxylic acids is 2. The van der Waals surface area contributed by atoms with E-state index in [4.69, 9.17) is 9.47 Å². The molecule has 0 bridgehead atoms. The Labute approximate surface area is 199 Å². The van der Waals surface area contributed by atoms with Crippen LogP contribution in [0.4, 0.5) is 0 Å². The van der Waals surface area contributed by atoms with Gasteiger partial charge < -0.3 is 19.3 Å². The third kappa shape index (κ3) is 6.71. The van der Waals surface area contributed by atoms with Crippen molar-refractivity contribution in [1.82, 2.24) is 9.80 Å². The molecule has 0 unspecified atom stereocenters. The summed E-state index contributed by atoms with van der Waals surface area (Å²) in [6.07, 6.45) is 0.728. The molecule has 31 heavy (non-hydrogen) atoms. The Morgan fingerprint density at radius 2 is 1.19 bits per heavy atom. The first-order chi connectivity index (χ1) is 14.8. The van der Waals surface area contributed by atoms with Crippen molar-refractivity contribution in [1.29, 1.82) is 0 Å². The number of amides is 2. The van der Waals surface area contributed by atoms with Gasteiger partial charge in [-0.2, -0.15) is 0 Å². The summed E-state index contributed by atoms with van der Waals surface area (Å²) in [5, 5.41) is 0. The monoisotopic (exact) mass is 552 g/mol. The average molecular weight is 554 g/mol. The van der Waals surface area contributed by atoms with Crippen LogP contribution in [0.25, 0.3) is 0 Å². The van der Waals surface area contributed by atoms with Crippen LogP contribution in [0.5, 0.6) is 11.5 Å². The molecule has 0 spiro atoms. The average Bonchev–Trinajstić information content (AvgIpc) is 2.98. The molecule has 0 radical (unpaired) electrons. The second kappa shape index (κ2) is 11.0. The highest BCUT2D eigenvalue weighted by Gasteiger charge is 2.23. The van der Waals surface area contributed by atoms with Crippen LogP contribution in [0.2, 0.25) is 0 Å². The molecule has 1 aliphatic rings. The molecule has 1 fully saturated rings. The molecular formula is C23H26Br2N2O4. The maximum Gasteiger partial charge on any atom is 0.260 e. The fraction of sp³-hybridized carbons (Fsp3) is 0.391. The van der Waals surface area contributed by atoms with Gasteiger partial charge in [0.2, 0.25) is 0 Å². The highest BCUT2D eigenvalue weighted by atomic mass is 79.9. The largest absolute Gasteiger partial charge is 0.483 e. The van der Waals surface area contributed by atoms with Gasteiger partial charge in [-0.05, 0) is 67.8 Å². The lowest BCUT2D eigenvalue weighted by Gasteiger charge is -2.22. The predicted molar refractivity (Wildman–Crippen MR) is 127 cm³/mol. The van der Waals surface area contributed by atoms with Crippen molar-refractivity contribution >= 4 is 43.7 Å². The zero-order valence-electron chi connectivity index (χ0n) is 17.7. The van der Waals surface area contributed by atoms with Crippen LogP contribution < -0.4 is 9.47 Å². The van der Waals surface area contributed by atoms with E-state index in [-0.39, 0.29) is 25.0 Å². The molecule has 0 aromatic heterocycles. The van der Waals surface area contributed by atoms with Gasteiger partial charge in [0.1, 0.15) is 11.5 Å². The summed E-state index contributed by atoms with van der Waals surface area (Å²) in [6, 6.07) is 11.4. The van der Waals surface area contributed by atoms with Gasteiger partial charge in [-0.3, -0.25) is 9.59 Å². The fourth-order valence-electron chi connectivity index (χ4n) is 3.43. The zero-order valence-corrected chi connectivity index (χ0v) is 20.9. The highest BCUT2D eigenvalue weighted by Crippen LogP contribution is 2.23. The number of aryl methyl sites for hydroxylation is 2. The topological polar surface area (TPSA) is 59.1 Å². The summed E-state index contributed by atoms with van der Waals surface area (Å²) in [5.74, 6) is 1.25. The third-order valence-electron chi connectivity index (χ3n) is 5.18. The van der Waals surface area contributed by atoms with Gasteiger partial charge in [-0.1, -0.05) is 31.9 Å². The van der Waals surface area contributed by atoms with Crippen molar-refractivity contribution in [2.24, 2.45) is 0 Å². The lowest BCUT2D eigenvalue weighted by atomic mass is 10.2. The van der Waals surface area contributed by atoms with Crippen molar-refractivity contribution in [3.63, 3.8) is 0 Å². The number of hydrogen-bond acceptors (Lipinski definition) is 4. The Balaban J connectivity index is 1.47. The molecule has 0 N–H and O–H groups in total. The van der Waals surface area contributed by atoms with E-state index in [1.165, 1.54) is 0 Å². The third-order valence-corrected chi connectivity index (χ3v) is 6.16. The van der Waals surface area contributed by atoms with Crippen molar-refractivity contribution in [2.45, 2.75) is 20.3 Å². The Kier molecular flexibility index (Phi) is 8.37. The van der Waals surface area contributed by atoms with E-state index in [0.717, 1.165) is 26.5 Å². The molecule has 0 aliphatic carbocycles. The van der Waals surface area contributed by atoms with Gasteiger partial charge in [0, 0.05) is 35.1 Å². The molecule has 2 aromatic rings. The summed E-state index contributed by atoms with van der Waals surface area (Å²) < 4.78 is 13.4. The number of nitrogens with zero attached hydrogens (tertiary/aromatic N) is 2. The molecule has 0 atom stereocenters. The van der Waals surface area contributed by atoms with Crippen molar-refractivity contribution in [3.8, 4) is 11.5 Å². The molecule has 6 nitrogen and oxygen atoms in total. The normalized spacial score (nSPS) is 14.2. The van der Waals surface area contributed by atoms with Crippen molar-refractivity contribution < 1.29 is 19.1 Å². The van der Waals surface area contributed by atoms with E-state index < -0.39 is 0 Å². The Morgan fingerprint density at radius 1 is 0.774 bits per heavy atom. The molecule has 3 rings (SSSR count). The van der Waals surface area contributed by atoms with E-state index in [1.807, 2.05) is 50.2 Å². The summed E-state index contributed by atoms with van der Waals surface area (Å²) in [5.41, 5.74) is 1.94. The first kappa shape index (κ1) is 23.6. The van der Waals surface area contributed by atoms with Crippen molar-refractivity contribution in [2.75, 3.05) is 39.4 Å². The quantitative estimate of drug-likeness (QED) is 0.533. The molecule has 166 valence electrons. The summed E-state index contributed by atoms with van der Waals surface area (Å²) in [7, 11) is 0. The molecule has 1 aliphatic heterocycles. The number of halogens is 2. The fourth-order valence-corrected chi connectivity index (χ4v) is 4.38. The highest BCUT2D eigenvalue weighted by molar-refractivity contribution is 9.10. The number of hydrogen-bond donors (Lipinski definition) is 0. The summed E-state index contributed by atoms with van der Waals surface area (Å²) in [6.45, 7) is 6.06. The molecule has 8 heteroatoms. The van der Waals surface area contributed by atoms with Crippen LogP contribution in [0.1, 0.15) is 17.5 Å². The van der Waals surface area contributed by atoms with Gasteiger partial charge in [-0.15, -0.1) is 0 Å². The number of ether oxygens (including phenoxy) is 2. The maximum atomic E-state index is 12.6. The number of benzene rings is 2. The van der Waals surface area contributed by atoms with Gasteiger partial charge in [0.25, 0.3) is 11.8 Å². The Bertz CT molecular complexity index is 876. The van der Waals surface area contributed by atoms with Gasteiger partial charge >= 0.3 is 0 Å². The lowest BCUT2D eigenvalue weighted by Crippen LogP contribution is -2.40. The van der Waals surface area contributed by atoms with Crippen molar-refractivity contribution in [3.05, 3.63) is 56.5 Å². The minimum atomic E-state index is -0.0710. The van der Waals surface area contributed by atoms with Crippen LogP contribution in [0.3, 0.4) is 0 Å². The van der Waals surface area contributed by atoms with Gasteiger partial charge in [0.15, 0.2) is 13.2 Å². The molecule has 1 heterocycles. The second-order valence-electron chi connectivity index (χ2n) is 7.51. The van der Waals surface area contributed by atoms with Crippen LogP contribution in [0.15, 0.2) is 45.3 Å². The van der Waals surface area contributed by atoms with Crippen LogP contribution in [0, 0.1) is 13.8 Å². The van der Waals surface area contributed by atoms with E-state index in [0.29, 0.717) is 37.7 Å². The minimum Gasteiger partial charge on any atom is -0.483 e. The second-order valence-corrected chi connectivity index (χ2v) is 9.34. The molecule has 0 saturated carbocycles. The van der Waals surface area contributed by atoms with Gasteiger partial charge in [-0.25, -0.2) is 0 Å². The predicted octanol–water partition coefficient (Wildman–Crippen LogP) is 4.35. The first-order valence-corrected chi connectivity index (χ1v) is 11.8. The van der Waals surface area contributed by atoms with Crippen LogP contribution in [-0.2, 0) is 9.59 Å². The zero-order chi connectivity index (χ0) is 22.4. The molecule has 1 saturated heterocycles. The molecular weight excluding hydrogens is 528 g/mol. The van der Waals surface area contributed by atoms with Gasteiger partial charge in [0.05, 0.1) is 0 Å². The van der Waals surface area contributed by atoms with E-state index in [1.54, 1.807) is 9.80 Å². The lowest BCUT2D eigenvalue weighted by molar-refractivity contribution is -0.135. The smallest absolute Gasteiger partial charge is 0.260 e. The number of carbonyl (C=O) groups is 2. The molecule has 2 amide bonds. The Hall–Kier alpha value is -2.06. The van der Waals surface area contributed by atoms with E-state index >= 15 is 0 Å². The minimum absolute atomic E-state index is 0.0115. The molecule has 2 aromatic carbocycles. The van der Waals surface area contributed by atoms with Crippen LogP contribution >= 0.6 is 31.9 Å². The van der Waals surface area contributed by atoms with E-state index in [9.17, 15) is 9.59 Å². The maximum absolute atomic E-state index is 12.6. The first-order valence-electron chi connectivity index (χ1n) is 10.2. The van der Waals surface area contributed by atoms with E-state index in [2.05, 4.69) is 31.9 Å². The standard InChI is InChI=1S/C23H26Br2N2O4/c1-16-12-18(24)4-6-20(16)30-14-22(28)26-8-3-9-27(11-10-26)23(29)15-31-21-7-5-19(25)13-17(21)2/h4-7,12-13H,3,8-11,14-15H2,1-2H3. The summed E-state index contributed by atoms with van der Waals surface area (Å²) in [4.78, 5) is 28.8. The number of rotatable bonds is 6. The summed E-state index contributed by atoms with van der Waals surface area (Å²) >= 11 is 6.84. The Morgan fingerprint density at radius 3 is 1.58 bits per heavy atom.